The second-order valence-electron chi connectivity index (χ2n) is 5.52. The Morgan fingerprint density at radius 2 is 2.30 bits per heavy atom. The standard InChI is InChI=1S/C16H21N3S/c1-11-18-10-16(20-11)15(19-17)9-13-7-4-6-12-5-2-3-8-14(12)13/h2-3,5,8,10,13,15,19H,4,6-7,9,17H2,1H3. The Hall–Kier alpha value is -1.23. The molecule has 1 aliphatic rings. The van der Waals surface area contributed by atoms with Crippen LogP contribution in [0.3, 0.4) is 0 Å². The number of nitrogens with zero attached hydrogens (tertiary/aromatic N) is 1. The zero-order valence-corrected chi connectivity index (χ0v) is 12.6. The van der Waals surface area contributed by atoms with E-state index in [1.807, 2.05) is 13.1 Å². The minimum atomic E-state index is 0.206. The molecule has 4 heteroatoms. The summed E-state index contributed by atoms with van der Waals surface area (Å²) in [7, 11) is 0. The number of benzene rings is 1. The molecule has 0 radical (unpaired) electrons. The first-order valence-electron chi connectivity index (χ1n) is 7.24. The Morgan fingerprint density at radius 3 is 3.05 bits per heavy atom. The second-order valence-corrected chi connectivity index (χ2v) is 6.79. The van der Waals surface area contributed by atoms with E-state index in [1.54, 1.807) is 11.3 Å². The van der Waals surface area contributed by atoms with Gasteiger partial charge < -0.3 is 0 Å². The highest BCUT2D eigenvalue weighted by molar-refractivity contribution is 7.11. The van der Waals surface area contributed by atoms with Crippen LogP contribution in [0.25, 0.3) is 0 Å². The predicted molar refractivity (Wildman–Crippen MR) is 83.7 cm³/mol. The van der Waals surface area contributed by atoms with Crippen molar-refractivity contribution < 1.29 is 0 Å². The number of fused-ring (bicyclic) bond motifs is 1. The Morgan fingerprint density at radius 1 is 1.45 bits per heavy atom. The number of hydrogen-bond donors (Lipinski definition) is 2. The van der Waals surface area contributed by atoms with Gasteiger partial charge in [0.15, 0.2) is 0 Å². The van der Waals surface area contributed by atoms with Crippen LogP contribution in [0.2, 0.25) is 0 Å². The van der Waals surface area contributed by atoms with E-state index in [2.05, 4.69) is 34.7 Å². The van der Waals surface area contributed by atoms with E-state index >= 15 is 0 Å². The molecule has 0 bridgehead atoms. The molecule has 2 aromatic rings. The number of rotatable bonds is 4. The van der Waals surface area contributed by atoms with E-state index in [-0.39, 0.29) is 6.04 Å². The molecular weight excluding hydrogens is 266 g/mol. The molecule has 106 valence electrons. The summed E-state index contributed by atoms with van der Waals surface area (Å²) in [4.78, 5) is 5.59. The van der Waals surface area contributed by atoms with E-state index in [9.17, 15) is 0 Å². The van der Waals surface area contributed by atoms with Gasteiger partial charge in [-0.1, -0.05) is 24.3 Å². The fourth-order valence-electron chi connectivity index (χ4n) is 3.19. The molecule has 0 fully saturated rings. The summed E-state index contributed by atoms with van der Waals surface area (Å²) in [6, 6.07) is 9.05. The van der Waals surface area contributed by atoms with Crippen molar-refractivity contribution in [2.75, 3.05) is 0 Å². The molecule has 2 unspecified atom stereocenters. The largest absolute Gasteiger partial charge is 0.271 e. The summed E-state index contributed by atoms with van der Waals surface area (Å²) in [5.74, 6) is 6.38. The Kier molecular flexibility index (Phi) is 4.15. The van der Waals surface area contributed by atoms with Crippen molar-refractivity contribution in [1.29, 1.82) is 0 Å². The predicted octanol–water partition coefficient (Wildman–Crippen LogP) is 3.47. The number of hydrazine groups is 1. The summed E-state index contributed by atoms with van der Waals surface area (Å²) in [5, 5.41) is 1.10. The fourth-order valence-corrected chi connectivity index (χ4v) is 4.05. The van der Waals surface area contributed by atoms with Crippen LogP contribution < -0.4 is 11.3 Å². The van der Waals surface area contributed by atoms with Crippen LogP contribution in [-0.2, 0) is 6.42 Å². The molecule has 2 atom stereocenters. The summed E-state index contributed by atoms with van der Waals surface area (Å²) >= 11 is 1.74. The molecule has 1 aliphatic carbocycles. The lowest BCUT2D eigenvalue weighted by atomic mass is 9.79. The molecule has 1 aromatic carbocycles. The zero-order valence-electron chi connectivity index (χ0n) is 11.8. The lowest BCUT2D eigenvalue weighted by molar-refractivity contribution is 0.429. The van der Waals surface area contributed by atoms with Crippen LogP contribution in [0.5, 0.6) is 0 Å². The molecular formula is C16H21N3S. The van der Waals surface area contributed by atoms with Crippen molar-refractivity contribution in [2.24, 2.45) is 5.84 Å². The number of nitrogens with two attached hydrogens (primary N) is 1. The van der Waals surface area contributed by atoms with Gasteiger partial charge >= 0.3 is 0 Å². The zero-order chi connectivity index (χ0) is 13.9. The highest BCUT2D eigenvalue weighted by Crippen LogP contribution is 2.38. The highest BCUT2D eigenvalue weighted by Gasteiger charge is 2.24. The van der Waals surface area contributed by atoms with Crippen molar-refractivity contribution >= 4 is 11.3 Å². The quantitative estimate of drug-likeness (QED) is 0.669. The molecule has 3 rings (SSSR count). The fraction of sp³-hybridized carbons (Fsp3) is 0.438. The number of aryl methyl sites for hydroxylation is 2. The maximum Gasteiger partial charge on any atom is 0.0897 e. The monoisotopic (exact) mass is 287 g/mol. The normalized spacial score (nSPS) is 19.6. The van der Waals surface area contributed by atoms with Crippen LogP contribution >= 0.6 is 11.3 Å². The van der Waals surface area contributed by atoms with Gasteiger partial charge in [-0.25, -0.2) is 4.98 Å². The van der Waals surface area contributed by atoms with Crippen molar-refractivity contribution in [3.63, 3.8) is 0 Å². The number of hydrogen-bond acceptors (Lipinski definition) is 4. The first kappa shape index (κ1) is 13.7. The Balaban J connectivity index is 1.80. The molecule has 1 heterocycles. The van der Waals surface area contributed by atoms with Gasteiger partial charge in [0.05, 0.1) is 11.0 Å². The third-order valence-electron chi connectivity index (χ3n) is 4.20. The number of thiazole rings is 1. The van der Waals surface area contributed by atoms with Gasteiger partial charge in [0.2, 0.25) is 0 Å². The van der Waals surface area contributed by atoms with E-state index < -0.39 is 0 Å². The van der Waals surface area contributed by atoms with Crippen molar-refractivity contribution in [1.82, 2.24) is 10.4 Å². The lowest BCUT2D eigenvalue weighted by Crippen LogP contribution is -2.29. The SMILES string of the molecule is Cc1ncc(C(CC2CCCc3ccccc32)NN)s1. The third-order valence-corrected chi connectivity index (χ3v) is 5.22. The Bertz CT molecular complexity index is 579. The first-order chi connectivity index (χ1) is 9.78. The van der Waals surface area contributed by atoms with E-state index in [0.717, 1.165) is 11.4 Å². The highest BCUT2D eigenvalue weighted by atomic mass is 32.1. The van der Waals surface area contributed by atoms with E-state index in [1.165, 1.54) is 35.3 Å². The molecule has 0 saturated heterocycles. The Labute approximate surface area is 124 Å². The molecule has 0 saturated carbocycles. The molecule has 1 aromatic heterocycles. The molecule has 3 N–H and O–H groups in total. The summed E-state index contributed by atoms with van der Waals surface area (Å²) in [6.45, 7) is 2.04. The van der Waals surface area contributed by atoms with Gasteiger partial charge in [-0.2, -0.15) is 0 Å². The summed E-state index contributed by atoms with van der Waals surface area (Å²) in [6.07, 6.45) is 6.76. The van der Waals surface area contributed by atoms with Crippen molar-refractivity contribution in [3.05, 3.63) is 51.5 Å². The minimum absolute atomic E-state index is 0.206. The van der Waals surface area contributed by atoms with Gasteiger partial charge in [-0.15, -0.1) is 11.3 Å². The molecule has 3 nitrogen and oxygen atoms in total. The average Bonchev–Trinajstić information content (AvgIpc) is 2.91. The van der Waals surface area contributed by atoms with Crippen LogP contribution in [0.4, 0.5) is 0 Å². The van der Waals surface area contributed by atoms with Gasteiger partial charge in [-0.05, 0) is 49.7 Å². The van der Waals surface area contributed by atoms with E-state index in [0.29, 0.717) is 5.92 Å². The van der Waals surface area contributed by atoms with Crippen molar-refractivity contribution in [3.8, 4) is 0 Å². The van der Waals surface area contributed by atoms with Gasteiger partial charge in [-0.3, -0.25) is 11.3 Å². The maximum absolute atomic E-state index is 5.78. The molecule has 0 spiro atoms. The summed E-state index contributed by atoms with van der Waals surface area (Å²) < 4.78 is 0. The van der Waals surface area contributed by atoms with E-state index in [4.69, 9.17) is 5.84 Å². The topological polar surface area (TPSA) is 50.9 Å². The lowest BCUT2D eigenvalue weighted by Gasteiger charge is -2.28. The second kappa shape index (κ2) is 6.04. The smallest absolute Gasteiger partial charge is 0.0897 e. The van der Waals surface area contributed by atoms with Crippen molar-refractivity contribution in [2.45, 2.75) is 44.6 Å². The van der Waals surface area contributed by atoms with Crippen LogP contribution in [0.15, 0.2) is 30.5 Å². The number of nitrogens with one attached hydrogen (secondary N) is 1. The van der Waals surface area contributed by atoms with Gasteiger partial charge in [0, 0.05) is 11.1 Å². The minimum Gasteiger partial charge on any atom is -0.271 e. The molecule has 0 aliphatic heterocycles. The van der Waals surface area contributed by atoms with Crippen LogP contribution in [-0.4, -0.2) is 4.98 Å². The summed E-state index contributed by atoms with van der Waals surface area (Å²) in [5.41, 5.74) is 6.01. The van der Waals surface area contributed by atoms with Gasteiger partial charge in [0.25, 0.3) is 0 Å². The third kappa shape index (κ3) is 2.77. The maximum atomic E-state index is 5.78. The molecule has 0 amide bonds. The van der Waals surface area contributed by atoms with Gasteiger partial charge in [0.1, 0.15) is 0 Å². The average molecular weight is 287 g/mol. The number of aromatic nitrogens is 1. The van der Waals surface area contributed by atoms with Crippen LogP contribution in [0, 0.1) is 6.92 Å². The first-order valence-corrected chi connectivity index (χ1v) is 8.06. The van der Waals surface area contributed by atoms with Crippen LogP contribution in [0.1, 0.15) is 52.2 Å². The molecule has 20 heavy (non-hydrogen) atoms.